The first-order valence-electron chi connectivity index (χ1n) is 6.97. The Balaban J connectivity index is 2.02. The van der Waals surface area contributed by atoms with Gasteiger partial charge in [-0.25, -0.2) is 4.79 Å². The molecule has 0 fully saturated rings. The second kappa shape index (κ2) is 7.61. The normalized spacial score (nSPS) is 9.57. The minimum absolute atomic E-state index is 0.286. The number of rotatable bonds is 4. The quantitative estimate of drug-likeness (QED) is 0.905. The predicted molar refractivity (Wildman–Crippen MR) is 86.2 cm³/mol. The van der Waals surface area contributed by atoms with Gasteiger partial charge in [0.15, 0.2) is 0 Å². The van der Waals surface area contributed by atoms with E-state index in [1.54, 1.807) is 55.5 Å². The van der Waals surface area contributed by atoms with Crippen molar-refractivity contribution in [3.8, 4) is 6.07 Å². The van der Waals surface area contributed by atoms with Gasteiger partial charge in [-0.3, -0.25) is 10.1 Å². The number of ether oxygens (including phenoxy) is 1. The van der Waals surface area contributed by atoms with Crippen molar-refractivity contribution in [2.24, 2.45) is 0 Å². The molecule has 0 bridgehead atoms. The number of amides is 2. The zero-order valence-electron chi connectivity index (χ0n) is 12.5. The average molecular weight is 309 g/mol. The fourth-order valence-corrected chi connectivity index (χ4v) is 1.86. The van der Waals surface area contributed by atoms with Crippen molar-refractivity contribution in [1.29, 1.82) is 5.26 Å². The first-order valence-corrected chi connectivity index (χ1v) is 6.97. The number of hydrogen-bond donors (Lipinski definition) is 2. The van der Waals surface area contributed by atoms with Gasteiger partial charge in [0.05, 0.1) is 18.2 Å². The van der Waals surface area contributed by atoms with Gasteiger partial charge < -0.3 is 10.1 Å². The van der Waals surface area contributed by atoms with Crippen LogP contribution in [0.1, 0.15) is 22.8 Å². The summed E-state index contributed by atoms with van der Waals surface area (Å²) in [6.07, 6.45) is -0.544. The van der Waals surface area contributed by atoms with E-state index in [2.05, 4.69) is 10.6 Å². The molecule has 0 saturated heterocycles. The van der Waals surface area contributed by atoms with E-state index in [0.29, 0.717) is 22.5 Å². The molecule has 0 heterocycles. The number of hydrogen-bond acceptors (Lipinski definition) is 4. The summed E-state index contributed by atoms with van der Waals surface area (Å²) in [5, 5.41) is 14.1. The summed E-state index contributed by atoms with van der Waals surface area (Å²) < 4.78 is 4.77. The van der Waals surface area contributed by atoms with Crippen LogP contribution in [0.25, 0.3) is 0 Å². The van der Waals surface area contributed by atoms with Crippen molar-refractivity contribution in [2.45, 2.75) is 6.92 Å². The summed E-state index contributed by atoms with van der Waals surface area (Å²) in [4.78, 5) is 23.4. The van der Waals surface area contributed by atoms with Crippen LogP contribution in [-0.2, 0) is 4.74 Å². The van der Waals surface area contributed by atoms with Crippen molar-refractivity contribution in [3.63, 3.8) is 0 Å². The molecule has 0 unspecified atom stereocenters. The molecule has 2 aromatic rings. The van der Waals surface area contributed by atoms with Gasteiger partial charge >= 0.3 is 6.09 Å². The zero-order chi connectivity index (χ0) is 16.7. The molecule has 2 rings (SSSR count). The summed E-state index contributed by atoms with van der Waals surface area (Å²) >= 11 is 0. The largest absolute Gasteiger partial charge is 0.450 e. The number of nitriles is 1. The third-order valence-corrected chi connectivity index (χ3v) is 2.92. The number of anilines is 2. The molecule has 0 spiro atoms. The van der Waals surface area contributed by atoms with Crippen LogP contribution >= 0.6 is 0 Å². The average Bonchev–Trinajstić information content (AvgIpc) is 2.56. The Morgan fingerprint density at radius 1 is 1.09 bits per heavy atom. The van der Waals surface area contributed by atoms with Crippen molar-refractivity contribution in [2.75, 3.05) is 17.2 Å². The minimum atomic E-state index is -0.544. The van der Waals surface area contributed by atoms with E-state index < -0.39 is 6.09 Å². The molecule has 2 amide bonds. The van der Waals surface area contributed by atoms with E-state index in [9.17, 15) is 9.59 Å². The highest BCUT2D eigenvalue weighted by atomic mass is 16.5. The van der Waals surface area contributed by atoms with Crippen molar-refractivity contribution >= 4 is 23.4 Å². The molecular formula is C17H15N3O3. The van der Waals surface area contributed by atoms with Crippen LogP contribution in [0, 0.1) is 11.3 Å². The lowest BCUT2D eigenvalue weighted by atomic mass is 10.1. The molecule has 0 saturated carbocycles. The fraction of sp³-hybridized carbons (Fsp3) is 0.118. The van der Waals surface area contributed by atoms with Crippen LogP contribution in [0.2, 0.25) is 0 Å². The number of carbonyl (C=O) groups is 2. The molecule has 2 aromatic carbocycles. The van der Waals surface area contributed by atoms with Crippen LogP contribution in [0.15, 0.2) is 48.5 Å². The van der Waals surface area contributed by atoms with Crippen molar-refractivity contribution in [1.82, 2.24) is 0 Å². The van der Waals surface area contributed by atoms with Gasteiger partial charge in [-0.1, -0.05) is 6.07 Å². The third kappa shape index (κ3) is 4.58. The Bertz CT molecular complexity index is 748. The summed E-state index contributed by atoms with van der Waals surface area (Å²) in [5.41, 5.74) is 1.98. The summed E-state index contributed by atoms with van der Waals surface area (Å²) in [6.45, 7) is 2.00. The maximum absolute atomic E-state index is 12.1. The second-order valence-corrected chi connectivity index (χ2v) is 4.57. The van der Waals surface area contributed by atoms with Gasteiger partial charge in [0.2, 0.25) is 0 Å². The van der Waals surface area contributed by atoms with E-state index in [-0.39, 0.29) is 12.5 Å². The van der Waals surface area contributed by atoms with Gasteiger partial charge in [-0.2, -0.15) is 5.26 Å². The smallest absolute Gasteiger partial charge is 0.411 e. The molecule has 0 aliphatic heterocycles. The maximum Gasteiger partial charge on any atom is 0.411 e. The van der Waals surface area contributed by atoms with Crippen LogP contribution in [0.4, 0.5) is 16.2 Å². The molecule has 0 atom stereocenters. The van der Waals surface area contributed by atoms with Crippen LogP contribution < -0.4 is 10.6 Å². The van der Waals surface area contributed by atoms with E-state index in [1.807, 2.05) is 6.07 Å². The monoisotopic (exact) mass is 309 g/mol. The van der Waals surface area contributed by atoms with Crippen LogP contribution in [0.3, 0.4) is 0 Å². The molecule has 0 aromatic heterocycles. The molecule has 6 heteroatoms. The summed E-state index contributed by atoms with van der Waals surface area (Å²) in [5.74, 6) is -0.303. The van der Waals surface area contributed by atoms with Gasteiger partial charge in [0, 0.05) is 16.9 Å². The van der Waals surface area contributed by atoms with Gasteiger partial charge in [-0.15, -0.1) is 0 Å². The van der Waals surface area contributed by atoms with E-state index >= 15 is 0 Å². The summed E-state index contributed by atoms with van der Waals surface area (Å²) in [7, 11) is 0. The van der Waals surface area contributed by atoms with Gasteiger partial charge in [-0.05, 0) is 49.4 Å². The Hall–Kier alpha value is -3.33. The lowest BCUT2D eigenvalue weighted by molar-refractivity contribution is 0.102. The Labute approximate surface area is 133 Å². The van der Waals surface area contributed by atoms with E-state index in [4.69, 9.17) is 10.00 Å². The second-order valence-electron chi connectivity index (χ2n) is 4.57. The van der Waals surface area contributed by atoms with E-state index in [1.165, 1.54) is 0 Å². The minimum Gasteiger partial charge on any atom is -0.450 e. The molecule has 0 radical (unpaired) electrons. The topological polar surface area (TPSA) is 91.2 Å². The Morgan fingerprint density at radius 2 is 1.83 bits per heavy atom. The standard InChI is InChI=1S/C17H15N3O3/c1-2-23-17(22)20-14-8-6-13(7-9-14)16(21)19-15-5-3-4-12(10-15)11-18/h3-10H,2H2,1H3,(H,19,21)(H,20,22). The van der Waals surface area contributed by atoms with E-state index in [0.717, 1.165) is 0 Å². The highest BCUT2D eigenvalue weighted by Gasteiger charge is 2.07. The molecule has 2 N–H and O–H groups in total. The molecule has 23 heavy (non-hydrogen) atoms. The number of nitrogens with zero attached hydrogens (tertiary/aromatic N) is 1. The summed E-state index contributed by atoms with van der Waals surface area (Å²) in [6, 6.07) is 15.1. The first-order chi connectivity index (χ1) is 11.1. The molecule has 116 valence electrons. The van der Waals surface area contributed by atoms with Crippen LogP contribution in [0.5, 0.6) is 0 Å². The lowest BCUT2D eigenvalue weighted by Gasteiger charge is -2.07. The maximum atomic E-state index is 12.1. The fourth-order valence-electron chi connectivity index (χ4n) is 1.86. The van der Waals surface area contributed by atoms with Crippen LogP contribution in [-0.4, -0.2) is 18.6 Å². The SMILES string of the molecule is CCOC(=O)Nc1ccc(C(=O)Nc2cccc(C#N)c2)cc1. The number of benzene rings is 2. The highest BCUT2D eigenvalue weighted by molar-refractivity contribution is 6.04. The molecule has 0 aliphatic rings. The Morgan fingerprint density at radius 3 is 2.48 bits per heavy atom. The Kier molecular flexibility index (Phi) is 5.31. The van der Waals surface area contributed by atoms with Gasteiger partial charge in [0.1, 0.15) is 0 Å². The highest BCUT2D eigenvalue weighted by Crippen LogP contribution is 2.14. The number of carbonyl (C=O) groups excluding carboxylic acids is 2. The predicted octanol–water partition coefficient (Wildman–Crippen LogP) is 3.38. The number of nitrogens with one attached hydrogen (secondary N) is 2. The molecular weight excluding hydrogens is 294 g/mol. The zero-order valence-corrected chi connectivity index (χ0v) is 12.5. The van der Waals surface area contributed by atoms with Crippen molar-refractivity contribution in [3.05, 3.63) is 59.7 Å². The van der Waals surface area contributed by atoms with Gasteiger partial charge in [0.25, 0.3) is 5.91 Å². The molecule has 6 nitrogen and oxygen atoms in total. The first kappa shape index (κ1) is 16.0. The molecule has 0 aliphatic carbocycles. The van der Waals surface area contributed by atoms with Crippen molar-refractivity contribution < 1.29 is 14.3 Å². The third-order valence-electron chi connectivity index (χ3n) is 2.92. The lowest BCUT2D eigenvalue weighted by Crippen LogP contribution is -2.14.